The van der Waals surface area contributed by atoms with Crippen molar-refractivity contribution in [3.63, 3.8) is 0 Å². The maximum Gasteiger partial charge on any atom is 0.254 e. The molecule has 6 heteroatoms. The number of hydrogen-bond donors (Lipinski definition) is 0. The van der Waals surface area contributed by atoms with Crippen LogP contribution in [0.15, 0.2) is 48.5 Å². The second-order valence-electron chi connectivity index (χ2n) is 8.39. The minimum absolute atomic E-state index is 0.0291. The molecule has 162 valence electrons. The Morgan fingerprint density at radius 2 is 1.70 bits per heavy atom. The smallest absolute Gasteiger partial charge is 0.254 e. The SMILES string of the molecule is CCc1ccc(CN(C(=O)c2ccc(OCC(C)C)cc2)[C@H]2CCS(=O)(=O)C2)cc1. The van der Waals surface area contributed by atoms with Gasteiger partial charge in [-0.3, -0.25) is 4.79 Å². The molecule has 2 aromatic rings. The Morgan fingerprint density at radius 1 is 1.07 bits per heavy atom. The van der Waals surface area contributed by atoms with Crippen LogP contribution in [0.1, 0.15) is 48.7 Å². The Kier molecular flexibility index (Phi) is 7.19. The maximum atomic E-state index is 13.3. The maximum absolute atomic E-state index is 13.3. The predicted octanol–water partition coefficient (Wildman–Crippen LogP) is 4.11. The van der Waals surface area contributed by atoms with Gasteiger partial charge in [-0.05, 0) is 54.2 Å². The van der Waals surface area contributed by atoms with Crippen LogP contribution in [-0.4, -0.2) is 43.4 Å². The molecule has 1 aliphatic rings. The lowest BCUT2D eigenvalue weighted by Gasteiger charge is -2.28. The molecule has 1 atom stereocenters. The first-order valence-corrected chi connectivity index (χ1v) is 12.4. The first-order chi connectivity index (χ1) is 14.3. The lowest BCUT2D eigenvalue weighted by molar-refractivity contribution is 0.0681. The Morgan fingerprint density at radius 3 is 2.23 bits per heavy atom. The van der Waals surface area contributed by atoms with E-state index in [1.54, 1.807) is 29.2 Å². The minimum atomic E-state index is -3.10. The topological polar surface area (TPSA) is 63.7 Å². The molecule has 0 saturated carbocycles. The van der Waals surface area contributed by atoms with E-state index in [2.05, 4.69) is 32.9 Å². The number of nitrogens with zero attached hydrogens (tertiary/aromatic N) is 1. The van der Waals surface area contributed by atoms with E-state index in [1.165, 1.54) is 5.56 Å². The molecule has 0 spiro atoms. The average molecular weight is 430 g/mol. The first-order valence-electron chi connectivity index (χ1n) is 10.6. The fourth-order valence-corrected chi connectivity index (χ4v) is 5.32. The van der Waals surface area contributed by atoms with Crippen LogP contribution < -0.4 is 4.74 Å². The number of sulfone groups is 1. The number of amides is 1. The molecule has 2 aromatic carbocycles. The summed E-state index contributed by atoms with van der Waals surface area (Å²) in [6, 6.07) is 15.0. The number of ether oxygens (including phenoxy) is 1. The second-order valence-corrected chi connectivity index (χ2v) is 10.6. The third-order valence-corrected chi connectivity index (χ3v) is 7.13. The molecule has 0 unspecified atom stereocenters. The molecule has 5 nitrogen and oxygen atoms in total. The lowest BCUT2D eigenvalue weighted by atomic mass is 10.1. The highest BCUT2D eigenvalue weighted by molar-refractivity contribution is 7.91. The highest BCUT2D eigenvalue weighted by Crippen LogP contribution is 2.24. The zero-order valence-electron chi connectivity index (χ0n) is 18.0. The molecular formula is C24H31NO4S. The zero-order valence-corrected chi connectivity index (χ0v) is 18.8. The van der Waals surface area contributed by atoms with Crippen LogP contribution >= 0.6 is 0 Å². The van der Waals surface area contributed by atoms with Gasteiger partial charge in [-0.15, -0.1) is 0 Å². The number of rotatable bonds is 8. The third-order valence-electron chi connectivity index (χ3n) is 5.38. The van der Waals surface area contributed by atoms with Gasteiger partial charge in [-0.25, -0.2) is 8.42 Å². The summed E-state index contributed by atoms with van der Waals surface area (Å²) in [7, 11) is -3.10. The summed E-state index contributed by atoms with van der Waals surface area (Å²) in [5.41, 5.74) is 2.78. The van der Waals surface area contributed by atoms with E-state index >= 15 is 0 Å². The van der Waals surface area contributed by atoms with Gasteiger partial charge in [0.05, 0.1) is 18.1 Å². The van der Waals surface area contributed by atoms with Crippen LogP contribution in [0.2, 0.25) is 0 Å². The van der Waals surface area contributed by atoms with E-state index in [4.69, 9.17) is 4.74 Å². The van der Waals surface area contributed by atoms with Gasteiger partial charge in [0.25, 0.3) is 5.91 Å². The largest absolute Gasteiger partial charge is 0.493 e. The lowest BCUT2D eigenvalue weighted by Crippen LogP contribution is -2.40. The van der Waals surface area contributed by atoms with Crippen LogP contribution in [0.4, 0.5) is 0 Å². The highest BCUT2D eigenvalue weighted by Gasteiger charge is 2.35. The number of benzene rings is 2. The fourth-order valence-electron chi connectivity index (χ4n) is 3.59. The minimum Gasteiger partial charge on any atom is -0.493 e. The van der Waals surface area contributed by atoms with Gasteiger partial charge >= 0.3 is 0 Å². The fraction of sp³-hybridized carbons (Fsp3) is 0.458. The molecule has 30 heavy (non-hydrogen) atoms. The van der Waals surface area contributed by atoms with Crippen LogP contribution in [0.25, 0.3) is 0 Å². The second kappa shape index (κ2) is 9.65. The number of carbonyl (C=O) groups is 1. The van der Waals surface area contributed by atoms with Gasteiger partial charge in [0.1, 0.15) is 5.75 Å². The molecule has 1 aliphatic heterocycles. The van der Waals surface area contributed by atoms with E-state index in [-0.39, 0.29) is 23.5 Å². The van der Waals surface area contributed by atoms with Gasteiger partial charge in [-0.1, -0.05) is 45.0 Å². The highest BCUT2D eigenvalue weighted by atomic mass is 32.2. The summed E-state index contributed by atoms with van der Waals surface area (Å²) in [6.07, 6.45) is 1.44. The standard InChI is InChI=1S/C24H31NO4S/c1-4-19-5-7-20(8-6-19)15-25(22-13-14-30(27,28)17-22)24(26)21-9-11-23(12-10-21)29-16-18(2)3/h5-12,18,22H,4,13-17H2,1-3H3/t22-/m0/s1. The molecule has 0 aliphatic carbocycles. The molecule has 0 N–H and O–H groups in total. The molecule has 0 bridgehead atoms. The molecule has 0 radical (unpaired) electrons. The van der Waals surface area contributed by atoms with Crippen molar-refractivity contribution < 1.29 is 17.9 Å². The van der Waals surface area contributed by atoms with Crippen molar-refractivity contribution in [1.29, 1.82) is 0 Å². The number of hydrogen-bond acceptors (Lipinski definition) is 4. The van der Waals surface area contributed by atoms with Crippen molar-refractivity contribution in [3.05, 3.63) is 65.2 Å². The van der Waals surface area contributed by atoms with Crippen molar-refractivity contribution in [2.24, 2.45) is 5.92 Å². The van der Waals surface area contributed by atoms with Crippen molar-refractivity contribution in [3.8, 4) is 5.75 Å². The van der Waals surface area contributed by atoms with E-state index in [0.717, 1.165) is 17.7 Å². The Hall–Kier alpha value is -2.34. The quantitative estimate of drug-likeness (QED) is 0.633. The predicted molar refractivity (Wildman–Crippen MR) is 120 cm³/mol. The molecule has 1 saturated heterocycles. The summed E-state index contributed by atoms with van der Waals surface area (Å²) in [5.74, 6) is 1.17. The van der Waals surface area contributed by atoms with Crippen molar-refractivity contribution in [2.75, 3.05) is 18.1 Å². The summed E-state index contributed by atoms with van der Waals surface area (Å²) < 4.78 is 29.8. The van der Waals surface area contributed by atoms with Crippen molar-refractivity contribution in [2.45, 2.75) is 46.2 Å². The van der Waals surface area contributed by atoms with Gasteiger partial charge in [0, 0.05) is 18.2 Å². The zero-order chi connectivity index (χ0) is 21.7. The van der Waals surface area contributed by atoms with Crippen molar-refractivity contribution >= 4 is 15.7 Å². The van der Waals surface area contributed by atoms with E-state index in [9.17, 15) is 13.2 Å². The molecule has 1 heterocycles. The normalized spacial score (nSPS) is 17.8. The average Bonchev–Trinajstić information content (AvgIpc) is 3.10. The number of aryl methyl sites for hydroxylation is 1. The van der Waals surface area contributed by atoms with Gasteiger partial charge in [0.2, 0.25) is 0 Å². The monoisotopic (exact) mass is 429 g/mol. The van der Waals surface area contributed by atoms with Crippen LogP contribution in [0.5, 0.6) is 5.75 Å². The Balaban J connectivity index is 1.80. The van der Waals surface area contributed by atoms with Crippen molar-refractivity contribution in [1.82, 2.24) is 4.90 Å². The molecule has 1 fully saturated rings. The molecule has 0 aromatic heterocycles. The molecule has 3 rings (SSSR count). The molecular weight excluding hydrogens is 398 g/mol. The summed E-state index contributed by atoms with van der Waals surface area (Å²) >= 11 is 0. The van der Waals surface area contributed by atoms with Gasteiger partial charge < -0.3 is 9.64 Å². The van der Waals surface area contributed by atoms with Crippen LogP contribution in [-0.2, 0) is 22.8 Å². The Labute approximate surface area is 180 Å². The third kappa shape index (κ3) is 5.85. The van der Waals surface area contributed by atoms with E-state index in [1.807, 2.05) is 12.1 Å². The van der Waals surface area contributed by atoms with Crippen LogP contribution in [0, 0.1) is 5.92 Å². The van der Waals surface area contributed by atoms with Crippen LogP contribution in [0.3, 0.4) is 0 Å². The number of carbonyl (C=O) groups excluding carboxylic acids is 1. The summed E-state index contributed by atoms with van der Waals surface area (Å²) in [5, 5.41) is 0. The van der Waals surface area contributed by atoms with E-state index in [0.29, 0.717) is 31.1 Å². The van der Waals surface area contributed by atoms with E-state index < -0.39 is 9.84 Å². The summed E-state index contributed by atoms with van der Waals surface area (Å²) in [6.45, 7) is 7.28. The Bertz CT molecular complexity index is 950. The summed E-state index contributed by atoms with van der Waals surface area (Å²) in [4.78, 5) is 15.1. The first kappa shape index (κ1) is 22.3. The van der Waals surface area contributed by atoms with Gasteiger partial charge in [-0.2, -0.15) is 0 Å². The van der Waals surface area contributed by atoms with Gasteiger partial charge in [0.15, 0.2) is 9.84 Å². The molecule has 1 amide bonds.